The number of hydrazine groups is 1. The maximum Gasteiger partial charge on any atom is 0.356 e. The Balaban J connectivity index is 1.80. The number of benzene rings is 2. The zero-order valence-electron chi connectivity index (χ0n) is 11.7. The van der Waals surface area contributed by atoms with Crippen LogP contribution in [0.25, 0.3) is 5.69 Å². The van der Waals surface area contributed by atoms with Gasteiger partial charge in [0.25, 0.3) is 0 Å². The fraction of sp³-hybridized carbons (Fsp3) is 0. The zero-order valence-corrected chi connectivity index (χ0v) is 13.2. The lowest BCUT2D eigenvalue weighted by Gasteiger charge is -2.09. The molecule has 0 radical (unpaired) electrons. The Morgan fingerprint density at radius 1 is 0.957 bits per heavy atom. The van der Waals surface area contributed by atoms with Crippen LogP contribution in [-0.4, -0.2) is 14.5 Å². The summed E-state index contributed by atoms with van der Waals surface area (Å²) in [6.07, 6.45) is 1.36. The molecule has 1 aromatic heterocycles. The van der Waals surface area contributed by atoms with Gasteiger partial charge in [-0.25, -0.2) is 9.78 Å². The van der Waals surface area contributed by atoms with Gasteiger partial charge in [-0.15, -0.1) is 0 Å². The minimum Gasteiger partial charge on any atom is -0.298 e. The molecule has 23 heavy (non-hydrogen) atoms. The van der Waals surface area contributed by atoms with Crippen molar-refractivity contribution in [2.45, 2.75) is 0 Å². The number of halogens is 2. The third-order valence-electron chi connectivity index (χ3n) is 2.98. The van der Waals surface area contributed by atoms with E-state index in [1.165, 1.54) is 10.9 Å². The molecule has 0 aliphatic rings. The lowest BCUT2D eigenvalue weighted by Crippen LogP contribution is -2.24. The lowest BCUT2D eigenvalue weighted by molar-refractivity contribution is 0.862. The van der Waals surface area contributed by atoms with E-state index in [4.69, 9.17) is 23.2 Å². The molecule has 0 amide bonds. The molecule has 2 N–H and O–H groups in total. The highest BCUT2D eigenvalue weighted by Crippen LogP contribution is 2.23. The van der Waals surface area contributed by atoms with Crippen LogP contribution in [0.3, 0.4) is 0 Å². The van der Waals surface area contributed by atoms with Gasteiger partial charge in [0.05, 0.1) is 21.4 Å². The van der Waals surface area contributed by atoms with Gasteiger partial charge in [0.15, 0.2) is 0 Å². The monoisotopic (exact) mass is 347 g/mol. The molecule has 0 spiro atoms. The van der Waals surface area contributed by atoms with Gasteiger partial charge in [-0.3, -0.25) is 15.4 Å². The second-order valence-corrected chi connectivity index (χ2v) is 5.36. The molecule has 0 fully saturated rings. The first kappa shape index (κ1) is 15.3. The zero-order chi connectivity index (χ0) is 16.2. The number of rotatable bonds is 4. The standard InChI is InChI=1S/C15H11Cl2N5O/c16-12-7-6-11(8-13(12)17)22-9-18-14(19-15(22)23)21-20-10-4-2-1-3-5-10/h1-9,20H,(H,19,21,23). The molecule has 0 aliphatic carbocycles. The Labute approximate surface area is 141 Å². The maximum absolute atomic E-state index is 12.1. The summed E-state index contributed by atoms with van der Waals surface area (Å²) in [5, 5.41) is 0.763. The average Bonchev–Trinajstić information content (AvgIpc) is 2.57. The van der Waals surface area contributed by atoms with E-state index in [1.807, 2.05) is 30.3 Å². The van der Waals surface area contributed by atoms with Gasteiger partial charge in [0.2, 0.25) is 5.95 Å². The van der Waals surface area contributed by atoms with Crippen molar-refractivity contribution in [1.29, 1.82) is 0 Å². The molecule has 0 saturated heterocycles. The normalized spacial score (nSPS) is 10.3. The first-order chi connectivity index (χ1) is 11.1. The number of hydrogen-bond acceptors (Lipinski definition) is 5. The summed E-state index contributed by atoms with van der Waals surface area (Å²) in [7, 11) is 0. The fourth-order valence-electron chi connectivity index (χ4n) is 1.86. The van der Waals surface area contributed by atoms with Crippen LogP contribution in [0, 0.1) is 0 Å². The van der Waals surface area contributed by atoms with Gasteiger partial charge >= 0.3 is 5.69 Å². The van der Waals surface area contributed by atoms with Crippen LogP contribution in [0.4, 0.5) is 11.6 Å². The number of aromatic nitrogens is 3. The SMILES string of the molecule is O=c1nc(NNc2ccccc2)ncn1-c1ccc(Cl)c(Cl)c1. The summed E-state index contributed by atoms with van der Waals surface area (Å²) in [5.41, 5.74) is 6.54. The molecule has 0 aliphatic heterocycles. The van der Waals surface area contributed by atoms with Crippen LogP contribution in [-0.2, 0) is 0 Å². The average molecular weight is 348 g/mol. The largest absolute Gasteiger partial charge is 0.356 e. The van der Waals surface area contributed by atoms with Crippen LogP contribution in [0.15, 0.2) is 59.7 Å². The number of nitrogens with zero attached hydrogens (tertiary/aromatic N) is 3. The quantitative estimate of drug-likeness (QED) is 0.708. The third-order valence-corrected chi connectivity index (χ3v) is 3.72. The van der Waals surface area contributed by atoms with Crippen LogP contribution in [0.2, 0.25) is 10.0 Å². The number of anilines is 2. The molecular formula is C15H11Cl2N5O. The van der Waals surface area contributed by atoms with E-state index in [9.17, 15) is 4.79 Å². The van der Waals surface area contributed by atoms with Crippen molar-refractivity contribution in [3.05, 3.63) is 75.4 Å². The van der Waals surface area contributed by atoms with Crippen LogP contribution in [0.5, 0.6) is 0 Å². The van der Waals surface area contributed by atoms with E-state index < -0.39 is 5.69 Å². The number of para-hydroxylation sites is 1. The van der Waals surface area contributed by atoms with Crippen molar-refractivity contribution in [2.24, 2.45) is 0 Å². The second kappa shape index (κ2) is 6.68. The lowest BCUT2D eigenvalue weighted by atomic mass is 10.3. The Hall–Kier alpha value is -2.57. The Morgan fingerprint density at radius 3 is 2.43 bits per heavy atom. The summed E-state index contributed by atoms with van der Waals surface area (Å²) < 4.78 is 1.27. The third kappa shape index (κ3) is 3.61. The van der Waals surface area contributed by atoms with E-state index in [2.05, 4.69) is 20.8 Å². The van der Waals surface area contributed by atoms with Gasteiger partial charge < -0.3 is 0 Å². The summed E-state index contributed by atoms with van der Waals surface area (Å²) in [5.74, 6) is 0.162. The minimum atomic E-state index is -0.490. The van der Waals surface area contributed by atoms with Crippen LogP contribution in [0.1, 0.15) is 0 Å². The maximum atomic E-state index is 12.1. The number of hydrogen-bond donors (Lipinski definition) is 2. The highest BCUT2D eigenvalue weighted by molar-refractivity contribution is 6.42. The first-order valence-electron chi connectivity index (χ1n) is 6.62. The molecule has 1 heterocycles. The number of nitrogens with one attached hydrogen (secondary N) is 2. The van der Waals surface area contributed by atoms with Gasteiger partial charge in [-0.05, 0) is 30.3 Å². The van der Waals surface area contributed by atoms with Crippen molar-refractivity contribution in [3.8, 4) is 5.69 Å². The minimum absolute atomic E-state index is 0.162. The molecule has 3 aromatic rings. The first-order valence-corrected chi connectivity index (χ1v) is 7.37. The van der Waals surface area contributed by atoms with E-state index in [1.54, 1.807) is 18.2 Å². The summed E-state index contributed by atoms with van der Waals surface area (Å²) >= 11 is 11.8. The Kier molecular flexibility index (Phi) is 4.45. The summed E-state index contributed by atoms with van der Waals surface area (Å²) in [4.78, 5) is 20.1. The second-order valence-electron chi connectivity index (χ2n) is 4.55. The van der Waals surface area contributed by atoms with Gasteiger partial charge in [0, 0.05) is 0 Å². The molecule has 3 rings (SSSR count). The van der Waals surface area contributed by atoms with Crippen molar-refractivity contribution in [1.82, 2.24) is 14.5 Å². The van der Waals surface area contributed by atoms with E-state index >= 15 is 0 Å². The fourth-order valence-corrected chi connectivity index (χ4v) is 2.15. The predicted octanol–water partition coefficient (Wildman–Crippen LogP) is 3.37. The molecule has 6 nitrogen and oxygen atoms in total. The molecule has 0 atom stereocenters. The van der Waals surface area contributed by atoms with E-state index in [-0.39, 0.29) is 5.95 Å². The molecular weight excluding hydrogens is 337 g/mol. The smallest absolute Gasteiger partial charge is 0.298 e. The Bertz CT molecular complexity index is 883. The van der Waals surface area contributed by atoms with Crippen molar-refractivity contribution in [2.75, 3.05) is 10.9 Å². The van der Waals surface area contributed by atoms with E-state index in [0.29, 0.717) is 15.7 Å². The van der Waals surface area contributed by atoms with Crippen LogP contribution >= 0.6 is 23.2 Å². The summed E-state index contributed by atoms with van der Waals surface area (Å²) in [6.45, 7) is 0. The highest BCUT2D eigenvalue weighted by Gasteiger charge is 2.06. The molecule has 8 heteroatoms. The van der Waals surface area contributed by atoms with Gasteiger partial charge in [0.1, 0.15) is 6.33 Å². The molecule has 0 bridgehead atoms. The molecule has 0 unspecified atom stereocenters. The highest BCUT2D eigenvalue weighted by atomic mass is 35.5. The molecule has 2 aromatic carbocycles. The summed E-state index contributed by atoms with van der Waals surface area (Å²) in [6, 6.07) is 14.2. The predicted molar refractivity (Wildman–Crippen MR) is 91.3 cm³/mol. The Morgan fingerprint density at radius 2 is 1.74 bits per heavy atom. The molecule has 116 valence electrons. The van der Waals surface area contributed by atoms with Crippen molar-refractivity contribution in [3.63, 3.8) is 0 Å². The molecule has 0 saturated carbocycles. The van der Waals surface area contributed by atoms with Gasteiger partial charge in [-0.2, -0.15) is 4.98 Å². The van der Waals surface area contributed by atoms with Crippen molar-refractivity contribution < 1.29 is 0 Å². The van der Waals surface area contributed by atoms with Crippen LogP contribution < -0.4 is 16.5 Å². The van der Waals surface area contributed by atoms with Gasteiger partial charge in [-0.1, -0.05) is 41.4 Å². The van der Waals surface area contributed by atoms with E-state index in [0.717, 1.165) is 5.69 Å². The van der Waals surface area contributed by atoms with Crippen molar-refractivity contribution >= 4 is 34.8 Å². The topological polar surface area (TPSA) is 71.8 Å².